The van der Waals surface area contributed by atoms with Crippen LogP contribution in [-0.4, -0.2) is 23.6 Å². The Bertz CT molecular complexity index is 461. The van der Waals surface area contributed by atoms with Crippen LogP contribution in [0.3, 0.4) is 0 Å². The third-order valence-corrected chi connectivity index (χ3v) is 3.36. The fourth-order valence-electron chi connectivity index (χ4n) is 2.47. The third kappa shape index (κ3) is 3.64. The molecule has 2 N–H and O–H groups in total. The fraction of sp³-hybridized carbons (Fsp3) is 0.538. The number of nitro benzene ring substituents is 1. The molecule has 1 aliphatic heterocycles. The molecule has 0 radical (unpaired) electrons. The predicted octanol–water partition coefficient (Wildman–Crippen LogP) is 2.68. The Labute approximate surface area is 111 Å². The van der Waals surface area contributed by atoms with E-state index in [1.807, 2.05) is 6.92 Å². The van der Waals surface area contributed by atoms with Gasteiger partial charge in [-0.05, 0) is 38.8 Å². The van der Waals surface area contributed by atoms with Gasteiger partial charge in [-0.3, -0.25) is 10.1 Å². The molecule has 2 unspecified atom stereocenters. The third-order valence-electron chi connectivity index (χ3n) is 3.36. The average molecular weight is 267 g/mol. The summed E-state index contributed by atoms with van der Waals surface area (Å²) in [4.78, 5) is 9.81. The molecule has 0 bridgehead atoms. The van der Waals surface area contributed by atoms with E-state index in [-0.39, 0.29) is 6.04 Å². The van der Waals surface area contributed by atoms with Gasteiger partial charge in [-0.15, -0.1) is 0 Å². The Morgan fingerprint density at radius 3 is 3.00 bits per heavy atom. The first-order valence-electron chi connectivity index (χ1n) is 6.50. The lowest BCUT2D eigenvalue weighted by Crippen LogP contribution is -2.29. The number of rotatable bonds is 5. The van der Waals surface area contributed by atoms with E-state index in [9.17, 15) is 14.5 Å². The summed E-state index contributed by atoms with van der Waals surface area (Å²) in [6.07, 6.45) is 3.32. The van der Waals surface area contributed by atoms with Gasteiger partial charge in [0.15, 0.2) is 0 Å². The molecule has 104 valence electrons. The maximum atomic E-state index is 13.5. The Kier molecular flexibility index (Phi) is 4.31. The van der Waals surface area contributed by atoms with E-state index in [0.29, 0.717) is 11.7 Å². The van der Waals surface area contributed by atoms with Crippen LogP contribution in [0.1, 0.15) is 26.2 Å². The summed E-state index contributed by atoms with van der Waals surface area (Å²) in [7, 11) is 0. The molecule has 1 aromatic carbocycles. The van der Waals surface area contributed by atoms with Gasteiger partial charge in [0.25, 0.3) is 0 Å². The van der Waals surface area contributed by atoms with Gasteiger partial charge in [-0.25, -0.2) is 0 Å². The average Bonchev–Trinajstić information content (AvgIpc) is 2.81. The summed E-state index contributed by atoms with van der Waals surface area (Å²) >= 11 is 0. The molecule has 1 fully saturated rings. The predicted molar refractivity (Wildman–Crippen MR) is 71.8 cm³/mol. The lowest BCUT2D eigenvalue weighted by molar-refractivity contribution is -0.387. The molecule has 0 amide bonds. The topological polar surface area (TPSA) is 67.2 Å². The van der Waals surface area contributed by atoms with Gasteiger partial charge >= 0.3 is 5.69 Å². The van der Waals surface area contributed by atoms with E-state index in [2.05, 4.69) is 10.6 Å². The fourth-order valence-corrected chi connectivity index (χ4v) is 2.47. The smallest absolute Gasteiger partial charge is 0.304 e. The molecule has 1 heterocycles. The van der Waals surface area contributed by atoms with Crippen molar-refractivity contribution in [3.05, 3.63) is 34.1 Å². The van der Waals surface area contributed by atoms with E-state index >= 15 is 0 Å². The van der Waals surface area contributed by atoms with Gasteiger partial charge in [0, 0.05) is 29.9 Å². The van der Waals surface area contributed by atoms with Gasteiger partial charge in [0.1, 0.15) is 0 Å². The SMILES string of the molecule is CC(CC1CCCN1)Nc1ccc([N+](=O)[O-])c(F)c1. The second-order valence-corrected chi connectivity index (χ2v) is 5.00. The minimum Gasteiger partial charge on any atom is -0.382 e. The molecule has 1 aromatic rings. The molecule has 2 atom stereocenters. The number of anilines is 1. The number of nitrogens with one attached hydrogen (secondary N) is 2. The van der Waals surface area contributed by atoms with Crippen molar-refractivity contribution >= 4 is 11.4 Å². The number of hydrogen-bond acceptors (Lipinski definition) is 4. The minimum absolute atomic E-state index is 0.191. The number of halogens is 1. The van der Waals surface area contributed by atoms with Gasteiger partial charge in [0.05, 0.1) is 4.92 Å². The highest BCUT2D eigenvalue weighted by atomic mass is 19.1. The second kappa shape index (κ2) is 5.97. The van der Waals surface area contributed by atoms with Crippen LogP contribution in [0.25, 0.3) is 0 Å². The zero-order chi connectivity index (χ0) is 13.8. The molecule has 5 nitrogen and oxygen atoms in total. The van der Waals surface area contributed by atoms with Crippen LogP contribution in [0.4, 0.5) is 15.8 Å². The Hall–Kier alpha value is -1.69. The highest BCUT2D eigenvalue weighted by molar-refractivity contribution is 5.50. The van der Waals surface area contributed by atoms with E-state index in [1.54, 1.807) is 6.07 Å². The monoisotopic (exact) mass is 267 g/mol. The number of benzene rings is 1. The summed E-state index contributed by atoms with van der Waals surface area (Å²) < 4.78 is 13.5. The van der Waals surface area contributed by atoms with Crippen molar-refractivity contribution < 1.29 is 9.31 Å². The van der Waals surface area contributed by atoms with Crippen LogP contribution in [-0.2, 0) is 0 Å². The maximum Gasteiger partial charge on any atom is 0.304 e. The normalized spacial score (nSPS) is 20.2. The molecule has 1 saturated heterocycles. The quantitative estimate of drug-likeness (QED) is 0.635. The van der Waals surface area contributed by atoms with Crippen LogP contribution < -0.4 is 10.6 Å². The zero-order valence-corrected chi connectivity index (χ0v) is 10.9. The number of nitrogens with zero attached hydrogens (tertiary/aromatic N) is 1. The van der Waals surface area contributed by atoms with Crippen molar-refractivity contribution in [2.24, 2.45) is 0 Å². The van der Waals surface area contributed by atoms with Crippen LogP contribution in [0.5, 0.6) is 0 Å². The lowest BCUT2D eigenvalue weighted by Gasteiger charge is -2.19. The standard InChI is InChI=1S/C13H18FN3O2/c1-9(7-10-3-2-6-15-10)16-11-4-5-13(17(18)19)12(14)8-11/h4-5,8-10,15-16H,2-3,6-7H2,1H3. The van der Waals surface area contributed by atoms with Crippen LogP contribution in [0.15, 0.2) is 18.2 Å². The molecule has 19 heavy (non-hydrogen) atoms. The van der Waals surface area contributed by atoms with Crippen LogP contribution >= 0.6 is 0 Å². The van der Waals surface area contributed by atoms with Gasteiger partial charge in [-0.1, -0.05) is 0 Å². The van der Waals surface area contributed by atoms with Crippen LogP contribution in [0.2, 0.25) is 0 Å². The summed E-state index contributed by atoms with van der Waals surface area (Å²) in [5.74, 6) is -0.804. The van der Waals surface area contributed by atoms with E-state index in [1.165, 1.54) is 25.0 Å². The van der Waals surface area contributed by atoms with Crippen molar-refractivity contribution in [1.29, 1.82) is 0 Å². The second-order valence-electron chi connectivity index (χ2n) is 5.00. The van der Waals surface area contributed by atoms with Crippen molar-refractivity contribution in [3.63, 3.8) is 0 Å². The van der Waals surface area contributed by atoms with E-state index < -0.39 is 16.4 Å². The minimum atomic E-state index is -0.804. The maximum absolute atomic E-state index is 13.5. The van der Waals surface area contributed by atoms with Gasteiger partial charge in [-0.2, -0.15) is 4.39 Å². The molecule has 0 aromatic heterocycles. The molecule has 0 aliphatic carbocycles. The molecule has 6 heteroatoms. The number of nitro groups is 1. The van der Waals surface area contributed by atoms with Gasteiger partial charge in [0.2, 0.25) is 5.82 Å². The summed E-state index contributed by atoms with van der Waals surface area (Å²) in [6, 6.07) is 4.61. The summed E-state index contributed by atoms with van der Waals surface area (Å²) in [6.45, 7) is 3.09. The first kappa shape index (κ1) is 13.7. The van der Waals surface area contributed by atoms with Crippen molar-refractivity contribution in [2.75, 3.05) is 11.9 Å². The first-order valence-corrected chi connectivity index (χ1v) is 6.50. The Morgan fingerprint density at radius 1 is 1.63 bits per heavy atom. The molecule has 0 saturated carbocycles. The Morgan fingerprint density at radius 2 is 2.42 bits per heavy atom. The Balaban J connectivity index is 1.94. The van der Waals surface area contributed by atoms with Crippen molar-refractivity contribution in [3.8, 4) is 0 Å². The highest BCUT2D eigenvalue weighted by Gasteiger charge is 2.18. The molecular formula is C13H18FN3O2. The lowest BCUT2D eigenvalue weighted by atomic mass is 10.1. The molecular weight excluding hydrogens is 249 g/mol. The van der Waals surface area contributed by atoms with E-state index in [0.717, 1.165) is 13.0 Å². The summed E-state index contributed by atoms with van der Waals surface area (Å²) in [5, 5.41) is 17.1. The van der Waals surface area contributed by atoms with Crippen LogP contribution in [0, 0.1) is 15.9 Å². The molecule has 2 rings (SSSR count). The first-order chi connectivity index (χ1) is 9.06. The highest BCUT2D eigenvalue weighted by Crippen LogP contribution is 2.22. The molecule has 0 spiro atoms. The van der Waals surface area contributed by atoms with Gasteiger partial charge < -0.3 is 10.6 Å². The van der Waals surface area contributed by atoms with E-state index in [4.69, 9.17) is 0 Å². The summed E-state index contributed by atoms with van der Waals surface area (Å²) in [5.41, 5.74) is 0.0873. The largest absolute Gasteiger partial charge is 0.382 e. The van der Waals surface area contributed by atoms with Crippen molar-refractivity contribution in [2.45, 2.75) is 38.3 Å². The zero-order valence-electron chi connectivity index (χ0n) is 10.9. The number of hydrogen-bond donors (Lipinski definition) is 2. The van der Waals surface area contributed by atoms with Crippen molar-refractivity contribution in [1.82, 2.24) is 5.32 Å². The molecule has 1 aliphatic rings.